The van der Waals surface area contributed by atoms with Crippen molar-refractivity contribution in [1.82, 2.24) is 0 Å². The monoisotopic (exact) mass is 389 g/mol. The number of amides is 1. The smallest absolute Gasteiger partial charge is 0.349 e. The van der Waals surface area contributed by atoms with Crippen molar-refractivity contribution in [2.75, 3.05) is 11.9 Å². The third-order valence-corrected chi connectivity index (χ3v) is 4.27. The molecule has 0 heterocycles. The number of carbonyl (C=O) groups is 2. The molecule has 0 aliphatic heterocycles. The van der Waals surface area contributed by atoms with Crippen molar-refractivity contribution < 1.29 is 19.1 Å². The Morgan fingerprint density at radius 2 is 1.52 bits per heavy atom. The van der Waals surface area contributed by atoms with Crippen LogP contribution in [0.2, 0.25) is 0 Å². The minimum absolute atomic E-state index is 0.194. The Bertz CT molecular complexity index is 966. The van der Waals surface area contributed by atoms with Gasteiger partial charge < -0.3 is 14.8 Å². The summed E-state index contributed by atoms with van der Waals surface area (Å²) in [5.41, 5.74) is 2.22. The number of ether oxygens (including phenoxy) is 2. The van der Waals surface area contributed by atoms with Crippen molar-refractivity contribution in [3.63, 3.8) is 0 Å². The predicted molar refractivity (Wildman–Crippen MR) is 112 cm³/mol. The lowest BCUT2D eigenvalue weighted by Crippen LogP contribution is -2.18. The van der Waals surface area contributed by atoms with E-state index in [2.05, 4.69) is 19.2 Å². The highest BCUT2D eigenvalue weighted by Gasteiger charge is 2.12. The number of anilines is 1. The van der Waals surface area contributed by atoms with Crippen LogP contribution in [-0.2, 0) is 4.79 Å². The van der Waals surface area contributed by atoms with E-state index in [0.29, 0.717) is 22.7 Å². The SMILES string of the molecule is CC(C)c1ccccc1OCC(=O)Oc1ccc(C(=O)Nc2ccccc2)cc1. The van der Waals surface area contributed by atoms with E-state index in [9.17, 15) is 9.59 Å². The van der Waals surface area contributed by atoms with Gasteiger partial charge in [0.2, 0.25) is 0 Å². The molecule has 0 aliphatic rings. The van der Waals surface area contributed by atoms with Gasteiger partial charge >= 0.3 is 5.97 Å². The van der Waals surface area contributed by atoms with E-state index >= 15 is 0 Å². The zero-order valence-corrected chi connectivity index (χ0v) is 16.4. The van der Waals surface area contributed by atoms with Gasteiger partial charge in [0.15, 0.2) is 6.61 Å². The molecule has 0 spiro atoms. The van der Waals surface area contributed by atoms with Gasteiger partial charge in [-0.15, -0.1) is 0 Å². The van der Waals surface area contributed by atoms with Crippen molar-refractivity contribution >= 4 is 17.6 Å². The van der Waals surface area contributed by atoms with E-state index in [1.165, 1.54) is 0 Å². The Labute approximate surface area is 170 Å². The van der Waals surface area contributed by atoms with E-state index in [0.717, 1.165) is 5.56 Å². The molecule has 0 saturated heterocycles. The topological polar surface area (TPSA) is 64.6 Å². The Balaban J connectivity index is 1.54. The maximum Gasteiger partial charge on any atom is 0.349 e. The zero-order chi connectivity index (χ0) is 20.6. The summed E-state index contributed by atoms with van der Waals surface area (Å²) in [6.45, 7) is 3.94. The second-order valence-corrected chi connectivity index (χ2v) is 6.80. The number of para-hydroxylation sites is 2. The Morgan fingerprint density at radius 3 is 2.21 bits per heavy atom. The minimum Gasteiger partial charge on any atom is -0.482 e. The molecular formula is C24H23NO4. The zero-order valence-electron chi connectivity index (χ0n) is 16.4. The molecule has 0 aliphatic carbocycles. The summed E-state index contributed by atoms with van der Waals surface area (Å²) in [5.74, 6) is 0.573. The normalized spacial score (nSPS) is 10.4. The van der Waals surface area contributed by atoms with Crippen LogP contribution < -0.4 is 14.8 Å². The van der Waals surface area contributed by atoms with E-state index < -0.39 is 5.97 Å². The largest absolute Gasteiger partial charge is 0.482 e. The van der Waals surface area contributed by atoms with Gasteiger partial charge in [0, 0.05) is 11.3 Å². The summed E-state index contributed by atoms with van der Waals surface area (Å²) in [7, 11) is 0. The summed E-state index contributed by atoms with van der Waals surface area (Å²) >= 11 is 0. The van der Waals surface area contributed by atoms with Crippen molar-refractivity contribution in [3.05, 3.63) is 90.0 Å². The quantitative estimate of drug-likeness (QED) is 0.454. The standard InChI is InChI=1S/C24H23NO4/c1-17(2)21-10-6-7-11-22(21)28-16-23(26)29-20-14-12-18(13-15-20)24(27)25-19-8-4-3-5-9-19/h3-15,17H,16H2,1-2H3,(H,25,27). The van der Waals surface area contributed by atoms with Crippen LogP contribution in [0, 0.1) is 0 Å². The number of nitrogens with one attached hydrogen (secondary N) is 1. The Kier molecular flexibility index (Phi) is 6.63. The first-order valence-corrected chi connectivity index (χ1v) is 9.42. The number of carbonyl (C=O) groups excluding carboxylic acids is 2. The maximum atomic E-state index is 12.3. The van der Waals surface area contributed by atoms with Crippen LogP contribution in [0.1, 0.15) is 35.7 Å². The first kappa shape index (κ1) is 20.1. The fourth-order valence-electron chi connectivity index (χ4n) is 2.79. The summed E-state index contributed by atoms with van der Waals surface area (Å²) in [5, 5.41) is 2.80. The van der Waals surface area contributed by atoms with Crippen molar-refractivity contribution in [2.45, 2.75) is 19.8 Å². The third-order valence-electron chi connectivity index (χ3n) is 4.27. The van der Waals surface area contributed by atoms with Crippen LogP contribution in [0.4, 0.5) is 5.69 Å². The first-order chi connectivity index (χ1) is 14.0. The second kappa shape index (κ2) is 9.55. The van der Waals surface area contributed by atoms with Crippen LogP contribution in [-0.4, -0.2) is 18.5 Å². The molecule has 1 amide bonds. The molecule has 1 N–H and O–H groups in total. The predicted octanol–water partition coefficient (Wildman–Crippen LogP) is 5.05. The Morgan fingerprint density at radius 1 is 0.862 bits per heavy atom. The minimum atomic E-state index is -0.509. The second-order valence-electron chi connectivity index (χ2n) is 6.80. The molecule has 3 aromatic carbocycles. The highest BCUT2D eigenvalue weighted by molar-refractivity contribution is 6.04. The summed E-state index contributed by atoms with van der Waals surface area (Å²) < 4.78 is 10.9. The molecule has 148 valence electrons. The van der Waals surface area contributed by atoms with Crippen LogP contribution in [0.5, 0.6) is 11.5 Å². The number of hydrogen-bond donors (Lipinski definition) is 1. The van der Waals surface area contributed by atoms with E-state index in [1.54, 1.807) is 24.3 Å². The lowest BCUT2D eigenvalue weighted by Gasteiger charge is -2.13. The van der Waals surface area contributed by atoms with E-state index in [4.69, 9.17) is 9.47 Å². The van der Waals surface area contributed by atoms with Gasteiger partial charge in [0.05, 0.1) is 0 Å². The highest BCUT2D eigenvalue weighted by Crippen LogP contribution is 2.25. The molecule has 0 fully saturated rings. The molecular weight excluding hydrogens is 366 g/mol. The van der Waals surface area contributed by atoms with Crippen molar-refractivity contribution in [3.8, 4) is 11.5 Å². The molecule has 0 atom stereocenters. The lowest BCUT2D eigenvalue weighted by atomic mass is 10.0. The lowest BCUT2D eigenvalue weighted by molar-refractivity contribution is -0.136. The molecule has 0 unspecified atom stereocenters. The van der Waals surface area contributed by atoms with Gasteiger partial charge in [-0.1, -0.05) is 50.2 Å². The third kappa shape index (κ3) is 5.69. The molecule has 0 bridgehead atoms. The number of esters is 1. The summed E-state index contributed by atoms with van der Waals surface area (Å²) in [4.78, 5) is 24.4. The fraction of sp³-hybridized carbons (Fsp3) is 0.167. The number of hydrogen-bond acceptors (Lipinski definition) is 4. The summed E-state index contributed by atoms with van der Waals surface area (Å²) in [6.07, 6.45) is 0. The molecule has 0 aromatic heterocycles. The van der Waals surface area contributed by atoms with E-state index in [-0.39, 0.29) is 18.4 Å². The number of rotatable bonds is 7. The first-order valence-electron chi connectivity index (χ1n) is 9.42. The van der Waals surface area contributed by atoms with Crippen LogP contribution in [0.25, 0.3) is 0 Å². The molecule has 3 aromatic rings. The highest BCUT2D eigenvalue weighted by atomic mass is 16.6. The fourth-order valence-corrected chi connectivity index (χ4v) is 2.79. The molecule has 5 nitrogen and oxygen atoms in total. The average molecular weight is 389 g/mol. The molecule has 5 heteroatoms. The summed E-state index contributed by atoms with van der Waals surface area (Å²) in [6, 6.07) is 23.2. The molecule has 3 rings (SSSR count). The maximum absolute atomic E-state index is 12.3. The van der Waals surface area contributed by atoms with Crippen molar-refractivity contribution in [1.29, 1.82) is 0 Å². The Hall–Kier alpha value is -3.60. The number of benzene rings is 3. The molecule has 29 heavy (non-hydrogen) atoms. The van der Waals surface area contributed by atoms with Gasteiger partial charge in [-0.2, -0.15) is 0 Å². The van der Waals surface area contributed by atoms with Crippen LogP contribution in [0.15, 0.2) is 78.9 Å². The van der Waals surface area contributed by atoms with Crippen LogP contribution in [0.3, 0.4) is 0 Å². The van der Waals surface area contributed by atoms with Gasteiger partial charge in [-0.05, 0) is 53.9 Å². The van der Waals surface area contributed by atoms with E-state index in [1.807, 2.05) is 54.6 Å². The average Bonchev–Trinajstić information content (AvgIpc) is 2.73. The van der Waals surface area contributed by atoms with Gasteiger partial charge in [-0.25, -0.2) is 4.79 Å². The van der Waals surface area contributed by atoms with Crippen molar-refractivity contribution in [2.24, 2.45) is 0 Å². The van der Waals surface area contributed by atoms with Gasteiger partial charge in [0.25, 0.3) is 5.91 Å². The molecule has 0 radical (unpaired) electrons. The van der Waals surface area contributed by atoms with Crippen LogP contribution >= 0.6 is 0 Å². The van der Waals surface area contributed by atoms with Gasteiger partial charge in [0.1, 0.15) is 11.5 Å². The van der Waals surface area contributed by atoms with Gasteiger partial charge in [-0.3, -0.25) is 4.79 Å². The molecule has 0 saturated carbocycles.